The fraction of sp³-hybridized carbons (Fsp3) is 0.417. The summed E-state index contributed by atoms with van der Waals surface area (Å²) in [5, 5.41) is 0. The maximum absolute atomic E-state index is 10.5. The van der Waals surface area contributed by atoms with E-state index in [9.17, 15) is 4.79 Å². The van der Waals surface area contributed by atoms with Crippen molar-refractivity contribution >= 4 is 27.9 Å². The van der Waals surface area contributed by atoms with Gasteiger partial charge >= 0.3 is 0 Å². The summed E-state index contributed by atoms with van der Waals surface area (Å²) >= 11 is 3.60. The molecular formula is C12H16BrNO. The second-order valence-electron chi connectivity index (χ2n) is 3.60. The Morgan fingerprint density at radius 3 is 2.47 bits per heavy atom. The molecule has 0 aromatic heterocycles. The minimum absolute atomic E-state index is 0.508. The molecule has 1 rings (SSSR count). The van der Waals surface area contributed by atoms with Crippen LogP contribution in [-0.4, -0.2) is 24.7 Å². The van der Waals surface area contributed by atoms with E-state index in [1.165, 1.54) is 0 Å². The molecule has 1 aromatic carbocycles. The standard InChI is InChI=1S/C12H16BrNO/c1-3-11(13)8-14(2)12-6-4-10(9-15)5-7-12/h4-7,9,11H,3,8H2,1-2H3. The van der Waals surface area contributed by atoms with Gasteiger partial charge in [-0.05, 0) is 30.7 Å². The molecule has 0 aliphatic heterocycles. The highest BCUT2D eigenvalue weighted by Gasteiger charge is 2.06. The molecule has 0 fully saturated rings. The monoisotopic (exact) mass is 269 g/mol. The summed E-state index contributed by atoms with van der Waals surface area (Å²) in [7, 11) is 2.06. The van der Waals surface area contributed by atoms with Crippen molar-refractivity contribution in [2.24, 2.45) is 0 Å². The number of alkyl halides is 1. The molecule has 0 amide bonds. The Kier molecular flexibility index (Phi) is 4.82. The molecule has 3 heteroatoms. The van der Waals surface area contributed by atoms with Crippen LogP contribution in [0.2, 0.25) is 0 Å². The summed E-state index contributed by atoms with van der Waals surface area (Å²) in [6.45, 7) is 3.12. The number of nitrogens with zero attached hydrogens (tertiary/aromatic N) is 1. The van der Waals surface area contributed by atoms with Crippen LogP contribution in [0.1, 0.15) is 23.7 Å². The molecule has 0 saturated carbocycles. The minimum Gasteiger partial charge on any atom is -0.373 e. The Morgan fingerprint density at radius 1 is 1.40 bits per heavy atom. The first-order valence-corrected chi connectivity index (χ1v) is 5.99. The molecule has 0 bridgehead atoms. The molecule has 0 spiro atoms. The van der Waals surface area contributed by atoms with E-state index in [0.29, 0.717) is 4.83 Å². The van der Waals surface area contributed by atoms with Gasteiger partial charge in [0, 0.05) is 29.7 Å². The van der Waals surface area contributed by atoms with Gasteiger partial charge in [-0.2, -0.15) is 0 Å². The SMILES string of the molecule is CCC(Br)CN(C)c1ccc(C=O)cc1. The van der Waals surface area contributed by atoms with Gasteiger partial charge in [-0.25, -0.2) is 0 Å². The minimum atomic E-state index is 0.508. The fourth-order valence-electron chi connectivity index (χ4n) is 1.34. The first kappa shape index (κ1) is 12.2. The molecule has 0 radical (unpaired) electrons. The molecule has 0 heterocycles. The molecule has 2 nitrogen and oxygen atoms in total. The second kappa shape index (κ2) is 5.91. The van der Waals surface area contributed by atoms with Gasteiger partial charge in [0.15, 0.2) is 0 Å². The fourth-order valence-corrected chi connectivity index (χ4v) is 1.77. The molecule has 15 heavy (non-hydrogen) atoms. The summed E-state index contributed by atoms with van der Waals surface area (Å²) < 4.78 is 0. The van der Waals surface area contributed by atoms with E-state index in [4.69, 9.17) is 0 Å². The third kappa shape index (κ3) is 3.67. The summed E-state index contributed by atoms with van der Waals surface area (Å²) in [5.41, 5.74) is 1.86. The number of anilines is 1. The van der Waals surface area contributed by atoms with Crippen LogP contribution in [0.15, 0.2) is 24.3 Å². The van der Waals surface area contributed by atoms with Crippen molar-refractivity contribution in [2.45, 2.75) is 18.2 Å². The smallest absolute Gasteiger partial charge is 0.150 e. The average Bonchev–Trinajstić information content (AvgIpc) is 2.29. The average molecular weight is 270 g/mol. The van der Waals surface area contributed by atoms with E-state index >= 15 is 0 Å². The van der Waals surface area contributed by atoms with Crippen molar-refractivity contribution in [3.63, 3.8) is 0 Å². The number of hydrogen-bond donors (Lipinski definition) is 0. The lowest BCUT2D eigenvalue weighted by Crippen LogP contribution is -2.25. The quantitative estimate of drug-likeness (QED) is 0.605. The van der Waals surface area contributed by atoms with Gasteiger partial charge in [-0.15, -0.1) is 0 Å². The lowest BCUT2D eigenvalue weighted by atomic mass is 10.2. The molecule has 1 aromatic rings. The number of carbonyl (C=O) groups excluding carboxylic acids is 1. The molecular weight excluding hydrogens is 254 g/mol. The number of hydrogen-bond acceptors (Lipinski definition) is 2. The topological polar surface area (TPSA) is 20.3 Å². The van der Waals surface area contributed by atoms with E-state index in [0.717, 1.165) is 30.5 Å². The normalized spacial score (nSPS) is 12.2. The molecule has 0 aliphatic rings. The van der Waals surface area contributed by atoms with Crippen molar-refractivity contribution in [1.82, 2.24) is 0 Å². The Bertz CT molecular complexity index is 310. The third-order valence-corrected chi connectivity index (χ3v) is 3.32. The van der Waals surface area contributed by atoms with Gasteiger partial charge in [-0.1, -0.05) is 22.9 Å². The number of rotatable bonds is 5. The van der Waals surface area contributed by atoms with Gasteiger partial charge in [0.25, 0.3) is 0 Å². The van der Waals surface area contributed by atoms with Crippen molar-refractivity contribution in [3.05, 3.63) is 29.8 Å². The van der Waals surface area contributed by atoms with Crippen LogP contribution in [0.3, 0.4) is 0 Å². The molecule has 0 aliphatic carbocycles. The Labute approximate surface area is 99.4 Å². The number of benzene rings is 1. The van der Waals surface area contributed by atoms with Crippen LogP contribution in [0.5, 0.6) is 0 Å². The highest BCUT2D eigenvalue weighted by atomic mass is 79.9. The summed E-state index contributed by atoms with van der Waals surface area (Å²) in [5.74, 6) is 0. The van der Waals surface area contributed by atoms with Crippen LogP contribution in [0, 0.1) is 0 Å². The van der Waals surface area contributed by atoms with Crippen LogP contribution in [-0.2, 0) is 0 Å². The lowest BCUT2D eigenvalue weighted by molar-refractivity contribution is 0.112. The van der Waals surface area contributed by atoms with Gasteiger partial charge in [0.2, 0.25) is 0 Å². The van der Waals surface area contributed by atoms with Crippen LogP contribution >= 0.6 is 15.9 Å². The highest BCUT2D eigenvalue weighted by Crippen LogP contribution is 2.15. The van der Waals surface area contributed by atoms with Crippen LogP contribution in [0.25, 0.3) is 0 Å². The largest absolute Gasteiger partial charge is 0.373 e. The van der Waals surface area contributed by atoms with E-state index in [2.05, 4.69) is 34.8 Å². The first-order chi connectivity index (χ1) is 7.17. The molecule has 1 unspecified atom stereocenters. The molecule has 82 valence electrons. The van der Waals surface area contributed by atoms with Crippen molar-refractivity contribution in [2.75, 3.05) is 18.5 Å². The molecule has 0 N–H and O–H groups in total. The predicted molar refractivity (Wildman–Crippen MR) is 68.1 cm³/mol. The zero-order valence-corrected chi connectivity index (χ0v) is 10.7. The van der Waals surface area contributed by atoms with Crippen LogP contribution < -0.4 is 4.90 Å². The van der Waals surface area contributed by atoms with E-state index < -0.39 is 0 Å². The predicted octanol–water partition coefficient (Wildman–Crippen LogP) is 3.11. The maximum atomic E-state index is 10.5. The molecule has 1 atom stereocenters. The third-order valence-electron chi connectivity index (χ3n) is 2.38. The number of aldehydes is 1. The van der Waals surface area contributed by atoms with Crippen molar-refractivity contribution < 1.29 is 4.79 Å². The zero-order chi connectivity index (χ0) is 11.3. The van der Waals surface area contributed by atoms with Crippen molar-refractivity contribution in [3.8, 4) is 0 Å². The van der Waals surface area contributed by atoms with Crippen LogP contribution in [0.4, 0.5) is 5.69 Å². The Balaban J connectivity index is 2.65. The van der Waals surface area contributed by atoms with Gasteiger partial charge < -0.3 is 4.90 Å². The van der Waals surface area contributed by atoms with E-state index in [-0.39, 0.29) is 0 Å². The Hall–Kier alpha value is -0.830. The van der Waals surface area contributed by atoms with Crippen molar-refractivity contribution in [1.29, 1.82) is 0 Å². The van der Waals surface area contributed by atoms with E-state index in [1.54, 1.807) is 0 Å². The molecule has 0 saturated heterocycles. The van der Waals surface area contributed by atoms with E-state index in [1.807, 2.05) is 24.3 Å². The second-order valence-corrected chi connectivity index (χ2v) is 4.89. The lowest BCUT2D eigenvalue weighted by Gasteiger charge is -2.21. The number of carbonyl (C=O) groups is 1. The first-order valence-electron chi connectivity index (χ1n) is 5.07. The summed E-state index contributed by atoms with van der Waals surface area (Å²) in [6, 6.07) is 7.63. The summed E-state index contributed by atoms with van der Waals surface area (Å²) in [4.78, 5) is 13.2. The van der Waals surface area contributed by atoms with Gasteiger partial charge in [0.05, 0.1) is 0 Å². The number of halogens is 1. The zero-order valence-electron chi connectivity index (χ0n) is 9.11. The van der Waals surface area contributed by atoms with Gasteiger partial charge in [0.1, 0.15) is 6.29 Å². The maximum Gasteiger partial charge on any atom is 0.150 e. The Morgan fingerprint density at radius 2 is 2.00 bits per heavy atom. The van der Waals surface area contributed by atoms with Gasteiger partial charge in [-0.3, -0.25) is 4.79 Å². The highest BCUT2D eigenvalue weighted by molar-refractivity contribution is 9.09. The summed E-state index contributed by atoms with van der Waals surface area (Å²) in [6.07, 6.45) is 1.97.